The van der Waals surface area contributed by atoms with Crippen molar-refractivity contribution in [3.8, 4) is 22.4 Å². The first-order valence-corrected chi connectivity index (χ1v) is 13.7. The molecule has 4 aromatic carbocycles. The van der Waals surface area contributed by atoms with Crippen LogP contribution < -0.4 is 0 Å². The topological polar surface area (TPSA) is 47.5 Å². The molecule has 42 heavy (non-hydrogen) atoms. The van der Waals surface area contributed by atoms with E-state index < -0.39 is 11.7 Å². The Kier molecular flexibility index (Phi) is 4.89. The van der Waals surface area contributed by atoms with E-state index in [9.17, 15) is 13.2 Å². The Balaban J connectivity index is 1.39. The van der Waals surface area contributed by atoms with Gasteiger partial charge in [0.25, 0.3) is 0 Å². The molecule has 0 fully saturated rings. The van der Waals surface area contributed by atoms with Crippen molar-refractivity contribution < 1.29 is 13.2 Å². The molecule has 0 atom stereocenters. The number of fused-ring (bicyclic) bond motifs is 4. The second-order valence-electron chi connectivity index (χ2n) is 11.8. The molecule has 8 aromatic rings. The summed E-state index contributed by atoms with van der Waals surface area (Å²) in [4.78, 5) is 13.4. The zero-order valence-corrected chi connectivity index (χ0v) is 23.0. The van der Waals surface area contributed by atoms with Gasteiger partial charge in [-0.25, -0.2) is 9.97 Å². The smallest absolute Gasteiger partial charge is 0.295 e. The van der Waals surface area contributed by atoms with Gasteiger partial charge < -0.3 is 0 Å². The highest BCUT2D eigenvalue weighted by atomic mass is 19.4. The number of benzene rings is 4. The fourth-order valence-electron chi connectivity index (χ4n) is 6.21. The molecule has 0 aliphatic carbocycles. The van der Waals surface area contributed by atoms with E-state index >= 15 is 0 Å². The van der Waals surface area contributed by atoms with Gasteiger partial charge in [-0.15, -0.1) is 0 Å². The quantitative estimate of drug-likeness (QED) is 0.199. The predicted octanol–water partition coefficient (Wildman–Crippen LogP) is 8.92. The molecule has 4 aromatic heterocycles. The van der Waals surface area contributed by atoms with E-state index in [4.69, 9.17) is 0 Å². The maximum absolute atomic E-state index is 14.4. The van der Waals surface area contributed by atoms with Crippen LogP contribution in [-0.4, -0.2) is 23.8 Å². The van der Waals surface area contributed by atoms with Gasteiger partial charge in [-0.2, -0.15) is 13.2 Å². The van der Waals surface area contributed by atoms with Gasteiger partial charge >= 0.3 is 6.18 Å². The minimum Gasteiger partial charge on any atom is -0.295 e. The summed E-state index contributed by atoms with van der Waals surface area (Å²) in [5, 5.41) is 2.14. The third-order valence-electron chi connectivity index (χ3n) is 8.20. The van der Waals surface area contributed by atoms with Gasteiger partial charge in [0.2, 0.25) is 0 Å². The molecule has 206 valence electrons. The van der Waals surface area contributed by atoms with Crippen LogP contribution in [0.25, 0.3) is 66.3 Å². The second-order valence-corrected chi connectivity index (χ2v) is 11.8. The lowest BCUT2D eigenvalue weighted by atomic mass is 9.82. The molecule has 0 amide bonds. The molecule has 0 aliphatic rings. The number of pyridine rings is 1. The van der Waals surface area contributed by atoms with Crippen molar-refractivity contribution in [2.75, 3.05) is 0 Å². The number of imidazole rings is 2. The predicted molar refractivity (Wildman–Crippen MR) is 160 cm³/mol. The number of hydrogen-bond donors (Lipinski definition) is 0. The zero-order valence-electron chi connectivity index (χ0n) is 23.0. The standard InChI is InChI=1S/C34H24F3N5/c1-33(2,3)24-13-21(12-19-6-4-5-7-22(19)24)28-15-23(25(16-38-28)34(35,36)37)20-8-11-29-30(14-20)42-18-40-27-10-9-26-31(32(27)42)41(29)17-39-26/h4-18H,1-3H3. The number of nitrogens with zero attached hydrogens (tertiary/aromatic N) is 5. The molecule has 0 spiro atoms. The van der Waals surface area contributed by atoms with Gasteiger partial charge in [0.15, 0.2) is 0 Å². The van der Waals surface area contributed by atoms with Crippen molar-refractivity contribution in [1.29, 1.82) is 0 Å². The zero-order chi connectivity index (χ0) is 29.0. The van der Waals surface area contributed by atoms with E-state index in [2.05, 4.69) is 47.9 Å². The molecule has 0 radical (unpaired) electrons. The summed E-state index contributed by atoms with van der Waals surface area (Å²) in [7, 11) is 0. The van der Waals surface area contributed by atoms with Crippen LogP contribution in [0.5, 0.6) is 0 Å². The van der Waals surface area contributed by atoms with Gasteiger partial charge in [-0.1, -0.05) is 51.1 Å². The number of halogens is 3. The summed E-state index contributed by atoms with van der Waals surface area (Å²) in [6, 6.07) is 22.9. The molecule has 5 nitrogen and oxygen atoms in total. The average molecular weight is 560 g/mol. The van der Waals surface area contributed by atoms with Crippen molar-refractivity contribution in [3.05, 3.63) is 103 Å². The molecule has 0 aliphatic heterocycles. The molecular formula is C34H24F3N5. The second kappa shape index (κ2) is 8.28. The first-order valence-electron chi connectivity index (χ1n) is 13.7. The van der Waals surface area contributed by atoms with E-state index in [1.54, 1.807) is 30.9 Å². The van der Waals surface area contributed by atoms with Gasteiger partial charge in [-0.3, -0.25) is 13.8 Å². The Morgan fingerprint density at radius 1 is 0.643 bits per heavy atom. The lowest BCUT2D eigenvalue weighted by molar-refractivity contribution is -0.137. The van der Waals surface area contributed by atoms with E-state index in [0.29, 0.717) is 11.3 Å². The van der Waals surface area contributed by atoms with Gasteiger partial charge in [0.1, 0.15) is 12.7 Å². The van der Waals surface area contributed by atoms with Crippen LogP contribution in [-0.2, 0) is 11.6 Å². The van der Waals surface area contributed by atoms with Crippen molar-refractivity contribution in [1.82, 2.24) is 23.8 Å². The first kappa shape index (κ1) is 24.8. The van der Waals surface area contributed by atoms with E-state index in [0.717, 1.165) is 61.2 Å². The highest BCUT2D eigenvalue weighted by Gasteiger charge is 2.35. The number of rotatable bonds is 2. The van der Waals surface area contributed by atoms with Gasteiger partial charge in [0.05, 0.1) is 44.4 Å². The largest absolute Gasteiger partial charge is 0.418 e. The summed E-state index contributed by atoms with van der Waals surface area (Å²) < 4.78 is 47.1. The summed E-state index contributed by atoms with van der Waals surface area (Å²) >= 11 is 0. The Bertz CT molecular complexity index is 2340. The molecule has 0 saturated carbocycles. The number of aromatic nitrogens is 5. The highest BCUT2D eigenvalue weighted by Crippen LogP contribution is 2.41. The van der Waals surface area contributed by atoms with Crippen LogP contribution >= 0.6 is 0 Å². The van der Waals surface area contributed by atoms with Gasteiger partial charge in [-0.05, 0) is 75.3 Å². The van der Waals surface area contributed by atoms with Gasteiger partial charge in [0, 0.05) is 11.8 Å². The summed E-state index contributed by atoms with van der Waals surface area (Å²) in [6.07, 6.45) is -0.158. The summed E-state index contributed by atoms with van der Waals surface area (Å²) in [5.74, 6) is 0. The average Bonchev–Trinajstić information content (AvgIpc) is 3.59. The van der Waals surface area contributed by atoms with Crippen molar-refractivity contribution in [2.45, 2.75) is 32.4 Å². The SMILES string of the molecule is CC(C)(C)c1cc(-c2cc(-c3ccc4c(c3)n3cnc5ccc6ncn4c6c53)c(C(F)(F)F)cn2)cc2ccccc12. The third-order valence-corrected chi connectivity index (χ3v) is 8.20. The summed E-state index contributed by atoms with van der Waals surface area (Å²) in [5.41, 5.74) is 6.95. The van der Waals surface area contributed by atoms with Crippen LogP contribution in [0.15, 0.2) is 91.6 Å². The fraction of sp³-hybridized carbons (Fsp3) is 0.147. The van der Waals surface area contributed by atoms with Crippen LogP contribution in [0.3, 0.4) is 0 Å². The Morgan fingerprint density at radius 2 is 1.33 bits per heavy atom. The molecule has 0 bridgehead atoms. The van der Waals surface area contributed by atoms with Crippen molar-refractivity contribution in [2.24, 2.45) is 0 Å². The molecule has 4 heterocycles. The highest BCUT2D eigenvalue weighted by molar-refractivity contribution is 6.06. The third kappa shape index (κ3) is 3.54. The monoisotopic (exact) mass is 559 g/mol. The number of hydrogen-bond acceptors (Lipinski definition) is 3. The Labute approximate surface area is 238 Å². The Morgan fingerprint density at radius 3 is 2.02 bits per heavy atom. The minimum atomic E-state index is -4.58. The molecule has 0 unspecified atom stereocenters. The van der Waals surface area contributed by atoms with E-state index in [1.165, 1.54) is 0 Å². The van der Waals surface area contributed by atoms with Crippen LogP contribution in [0, 0.1) is 0 Å². The molecule has 8 heteroatoms. The first-order chi connectivity index (χ1) is 20.1. The lowest BCUT2D eigenvalue weighted by Crippen LogP contribution is -2.12. The maximum atomic E-state index is 14.4. The van der Waals surface area contributed by atoms with Crippen LogP contribution in [0.4, 0.5) is 13.2 Å². The van der Waals surface area contributed by atoms with Crippen LogP contribution in [0.2, 0.25) is 0 Å². The Hall–Kier alpha value is -4.98. The normalized spacial score (nSPS) is 13.0. The van der Waals surface area contributed by atoms with Crippen LogP contribution in [0.1, 0.15) is 31.9 Å². The van der Waals surface area contributed by atoms with Crippen molar-refractivity contribution in [3.63, 3.8) is 0 Å². The molecule has 0 saturated heterocycles. The van der Waals surface area contributed by atoms with Crippen molar-refractivity contribution >= 4 is 43.9 Å². The number of alkyl halides is 3. The molecule has 0 N–H and O–H groups in total. The maximum Gasteiger partial charge on any atom is 0.418 e. The van der Waals surface area contributed by atoms with E-state index in [1.807, 2.05) is 51.3 Å². The summed E-state index contributed by atoms with van der Waals surface area (Å²) in [6.45, 7) is 6.41. The lowest BCUT2D eigenvalue weighted by Gasteiger charge is -2.23. The fourth-order valence-corrected chi connectivity index (χ4v) is 6.21. The van der Waals surface area contributed by atoms with E-state index in [-0.39, 0.29) is 11.0 Å². The molecular weight excluding hydrogens is 535 g/mol. The molecule has 8 rings (SSSR count). The minimum absolute atomic E-state index is 0.0757.